The summed E-state index contributed by atoms with van der Waals surface area (Å²) in [7, 11) is 1.57. The zero-order valence-corrected chi connectivity index (χ0v) is 22.2. The van der Waals surface area contributed by atoms with Crippen molar-refractivity contribution in [2.75, 3.05) is 17.3 Å². The van der Waals surface area contributed by atoms with Crippen molar-refractivity contribution in [3.8, 4) is 5.75 Å². The lowest BCUT2D eigenvalue weighted by atomic mass is 10.0. The number of nitrogens with zero attached hydrogens (tertiary/aromatic N) is 2. The summed E-state index contributed by atoms with van der Waals surface area (Å²) in [5.41, 5.74) is 3.40. The van der Waals surface area contributed by atoms with Crippen LogP contribution in [-0.2, 0) is 4.79 Å². The largest absolute Gasteiger partial charge is 0.495 e. The number of hydrogen-bond donors (Lipinski definition) is 2. The van der Waals surface area contributed by atoms with Crippen LogP contribution in [0.2, 0.25) is 0 Å². The van der Waals surface area contributed by atoms with Crippen molar-refractivity contribution in [2.45, 2.75) is 35.9 Å². The maximum atomic E-state index is 11.8. The predicted octanol–water partition coefficient (Wildman–Crippen LogP) is 6.28. The number of benzene rings is 2. The van der Waals surface area contributed by atoms with Crippen LogP contribution in [0.25, 0.3) is 0 Å². The van der Waals surface area contributed by atoms with E-state index in [-0.39, 0.29) is 18.0 Å². The molecule has 0 bridgehead atoms. The summed E-state index contributed by atoms with van der Waals surface area (Å²) in [5, 5.41) is 7.59. The number of carbonyl (C=O) groups excluding carboxylic acids is 1. The molecule has 9 heteroatoms. The van der Waals surface area contributed by atoms with E-state index in [4.69, 9.17) is 21.4 Å². The van der Waals surface area contributed by atoms with Crippen LogP contribution in [0, 0.1) is 6.92 Å². The standard InChI is InChI=1S/C28H26N4O3S2/c1-17-7-10-20(11-8-17)37-25-14-13-24(35-25)27-26(21-6-4-5-15-29-21)31-28(36)32(27)19-9-12-23(34-3)22(16-19)30-18(2)33/h4-16,26-27H,1-3H3,(H,30,33)(H,31,36)/t26-,27+/m0/s1. The molecule has 188 valence electrons. The highest BCUT2D eigenvalue weighted by molar-refractivity contribution is 7.99. The minimum atomic E-state index is -0.312. The third-order valence-electron chi connectivity index (χ3n) is 6.00. The van der Waals surface area contributed by atoms with Gasteiger partial charge in [-0.3, -0.25) is 9.78 Å². The zero-order valence-electron chi connectivity index (χ0n) is 20.6. The lowest BCUT2D eigenvalue weighted by molar-refractivity contribution is -0.114. The molecule has 0 spiro atoms. The van der Waals surface area contributed by atoms with Crippen LogP contribution < -0.4 is 20.3 Å². The molecular formula is C28H26N4O3S2. The van der Waals surface area contributed by atoms with Gasteiger partial charge in [-0.1, -0.05) is 35.5 Å². The van der Waals surface area contributed by atoms with E-state index in [0.717, 1.165) is 27.1 Å². The highest BCUT2D eigenvalue weighted by atomic mass is 32.2. The number of carbonyl (C=O) groups is 1. The third kappa shape index (κ3) is 5.33. The molecule has 1 aliphatic rings. The van der Waals surface area contributed by atoms with Crippen molar-refractivity contribution in [3.63, 3.8) is 0 Å². The zero-order chi connectivity index (χ0) is 25.9. The maximum Gasteiger partial charge on any atom is 0.221 e. The van der Waals surface area contributed by atoms with E-state index in [2.05, 4.69) is 46.8 Å². The first-order chi connectivity index (χ1) is 17.9. The molecule has 4 aromatic rings. The molecule has 1 saturated heterocycles. The fraction of sp³-hybridized carbons (Fsp3) is 0.179. The maximum absolute atomic E-state index is 11.8. The summed E-state index contributed by atoms with van der Waals surface area (Å²) in [5.74, 6) is 1.11. The fourth-order valence-electron chi connectivity index (χ4n) is 4.33. The highest BCUT2D eigenvalue weighted by Crippen LogP contribution is 2.44. The highest BCUT2D eigenvalue weighted by Gasteiger charge is 2.42. The number of hydrogen-bond acceptors (Lipinski definition) is 6. The lowest BCUT2D eigenvalue weighted by Crippen LogP contribution is -2.29. The quantitative estimate of drug-likeness (QED) is 0.270. The molecule has 1 fully saturated rings. The van der Waals surface area contributed by atoms with Gasteiger partial charge >= 0.3 is 0 Å². The van der Waals surface area contributed by atoms with Crippen molar-refractivity contribution in [2.24, 2.45) is 0 Å². The van der Waals surface area contributed by atoms with Gasteiger partial charge in [-0.05, 0) is 73.7 Å². The molecule has 2 atom stereocenters. The van der Waals surface area contributed by atoms with Crippen LogP contribution in [0.1, 0.15) is 36.0 Å². The van der Waals surface area contributed by atoms with Gasteiger partial charge in [-0.25, -0.2) is 0 Å². The Balaban J connectivity index is 1.54. The SMILES string of the molecule is COc1ccc(N2C(=S)N[C@@H](c3ccccn3)[C@H]2c2ccc(Sc3ccc(C)cc3)o2)cc1NC(C)=O. The average Bonchev–Trinajstić information content (AvgIpc) is 3.49. The first-order valence-corrected chi connectivity index (χ1v) is 13.0. The number of nitrogens with one attached hydrogen (secondary N) is 2. The molecule has 0 unspecified atom stereocenters. The van der Waals surface area contributed by atoms with E-state index in [9.17, 15) is 4.79 Å². The Kier molecular flexibility index (Phi) is 7.16. The van der Waals surface area contributed by atoms with Gasteiger partial charge in [0.05, 0.1) is 24.5 Å². The van der Waals surface area contributed by atoms with Gasteiger partial charge < -0.3 is 24.7 Å². The van der Waals surface area contributed by atoms with E-state index in [0.29, 0.717) is 16.5 Å². The Labute approximate surface area is 225 Å². The fourth-order valence-corrected chi connectivity index (χ4v) is 5.45. The number of pyridine rings is 1. The van der Waals surface area contributed by atoms with Crippen LogP contribution in [0.4, 0.5) is 11.4 Å². The molecule has 7 nitrogen and oxygen atoms in total. The molecule has 2 aromatic heterocycles. The van der Waals surface area contributed by atoms with Gasteiger partial charge in [0, 0.05) is 23.7 Å². The summed E-state index contributed by atoms with van der Waals surface area (Å²) in [6.45, 7) is 3.53. The monoisotopic (exact) mass is 530 g/mol. The number of amides is 1. The summed E-state index contributed by atoms with van der Waals surface area (Å²) in [4.78, 5) is 19.5. The lowest BCUT2D eigenvalue weighted by Gasteiger charge is -2.27. The number of furan rings is 1. The molecule has 3 heterocycles. The van der Waals surface area contributed by atoms with Crippen molar-refractivity contribution in [3.05, 3.63) is 96.0 Å². The van der Waals surface area contributed by atoms with E-state index in [1.165, 1.54) is 12.5 Å². The van der Waals surface area contributed by atoms with Crippen LogP contribution in [0.5, 0.6) is 5.75 Å². The molecule has 0 aliphatic carbocycles. The van der Waals surface area contributed by atoms with Crippen LogP contribution in [-0.4, -0.2) is 23.1 Å². The molecule has 37 heavy (non-hydrogen) atoms. The van der Waals surface area contributed by atoms with E-state index < -0.39 is 0 Å². The Bertz CT molecular complexity index is 1420. The van der Waals surface area contributed by atoms with Crippen molar-refractivity contribution in [1.29, 1.82) is 0 Å². The summed E-state index contributed by atoms with van der Waals surface area (Å²) < 4.78 is 11.8. The van der Waals surface area contributed by atoms with Crippen molar-refractivity contribution < 1.29 is 13.9 Å². The number of aryl methyl sites for hydroxylation is 1. The second-order valence-electron chi connectivity index (χ2n) is 8.63. The molecule has 0 radical (unpaired) electrons. The summed E-state index contributed by atoms with van der Waals surface area (Å²) in [6, 6.07) is 23.1. The second kappa shape index (κ2) is 10.7. The van der Waals surface area contributed by atoms with E-state index in [1.54, 1.807) is 25.1 Å². The first kappa shape index (κ1) is 24.9. The third-order valence-corrected chi connectivity index (χ3v) is 7.25. The number of aromatic nitrogens is 1. The number of anilines is 2. The average molecular weight is 531 g/mol. The van der Waals surface area contributed by atoms with Gasteiger partial charge in [-0.2, -0.15) is 0 Å². The van der Waals surface area contributed by atoms with Gasteiger partial charge in [0.2, 0.25) is 5.91 Å². The topological polar surface area (TPSA) is 79.6 Å². The smallest absolute Gasteiger partial charge is 0.221 e. The Morgan fingerprint density at radius 1 is 1.14 bits per heavy atom. The van der Waals surface area contributed by atoms with Crippen molar-refractivity contribution >= 4 is 46.4 Å². The van der Waals surface area contributed by atoms with Gasteiger partial charge in [0.25, 0.3) is 0 Å². The predicted molar refractivity (Wildman–Crippen MR) is 149 cm³/mol. The van der Waals surface area contributed by atoms with Crippen molar-refractivity contribution in [1.82, 2.24) is 10.3 Å². The first-order valence-electron chi connectivity index (χ1n) is 11.7. The molecule has 1 amide bonds. The van der Waals surface area contributed by atoms with Crippen LogP contribution in [0.3, 0.4) is 0 Å². The van der Waals surface area contributed by atoms with Crippen LogP contribution >= 0.6 is 24.0 Å². The van der Waals surface area contributed by atoms with Gasteiger partial charge in [-0.15, -0.1) is 0 Å². The molecule has 1 aliphatic heterocycles. The number of rotatable bonds is 7. The normalized spacial score (nSPS) is 16.9. The second-order valence-corrected chi connectivity index (χ2v) is 10.1. The van der Waals surface area contributed by atoms with E-state index in [1.807, 2.05) is 53.4 Å². The summed E-state index contributed by atoms with van der Waals surface area (Å²) in [6.07, 6.45) is 1.77. The molecule has 2 aromatic carbocycles. The Morgan fingerprint density at radius 3 is 2.65 bits per heavy atom. The van der Waals surface area contributed by atoms with Gasteiger partial charge in [0.15, 0.2) is 10.2 Å². The van der Waals surface area contributed by atoms with Crippen LogP contribution in [0.15, 0.2) is 93.4 Å². The number of ether oxygens (including phenoxy) is 1. The molecule has 2 N–H and O–H groups in total. The molecule has 5 rings (SSSR count). The van der Waals surface area contributed by atoms with E-state index >= 15 is 0 Å². The molecule has 0 saturated carbocycles. The Morgan fingerprint density at radius 2 is 1.95 bits per heavy atom. The minimum Gasteiger partial charge on any atom is -0.495 e. The summed E-state index contributed by atoms with van der Waals surface area (Å²) >= 11 is 7.38. The number of methoxy groups -OCH3 is 1. The Hall–Kier alpha value is -3.82. The minimum absolute atomic E-state index is 0.190. The molecular weight excluding hydrogens is 504 g/mol. The number of thiocarbonyl (C=S) groups is 1. The van der Waals surface area contributed by atoms with Gasteiger partial charge in [0.1, 0.15) is 17.6 Å².